The van der Waals surface area contributed by atoms with Gasteiger partial charge in [0.05, 0.1) is 16.9 Å². The number of amides is 1. The van der Waals surface area contributed by atoms with Gasteiger partial charge in [-0.15, -0.1) is 0 Å². The predicted molar refractivity (Wildman–Crippen MR) is 189 cm³/mol. The van der Waals surface area contributed by atoms with E-state index in [9.17, 15) is 19.7 Å². The van der Waals surface area contributed by atoms with Gasteiger partial charge in [-0.05, 0) is 34.2 Å². The van der Waals surface area contributed by atoms with Crippen molar-refractivity contribution in [2.24, 2.45) is 0 Å². The van der Waals surface area contributed by atoms with Gasteiger partial charge in [-0.2, -0.15) is 0 Å². The monoisotopic (exact) mass is 653 g/mol. The van der Waals surface area contributed by atoms with Gasteiger partial charge in [-0.1, -0.05) is 133 Å². The highest BCUT2D eigenvalue weighted by atomic mass is 16.6. The first-order valence-electron chi connectivity index (χ1n) is 16.5. The van der Waals surface area contributed by atoms with Crippen molar-refractivity contribution in [1.29, 1.82) is 0 Å². The van der Waals surface area contributed by atoms with Gasteiger partial charge in [0.25, 0.3) is 5.69 Å². The molecular weight excluding hydrogens is 614 g/mol. The maximum atomic E-state index is 14.5. The molecule has 6 rings (SSSR count). The molecule has 0 aliphatic carbocycles. The largest absolute Gasteiger partial charge is 0.460 e. The van der Waals surface area contributed by atoms with Gasteiger partial charge in [0, 0.05) is 38.8 Å². The first-order valence-corrected chi connectivity index (χ1v) is 16.5. The molecule has 1 saturated heterocycles. The molecule has 0 aromatic heterocycles. The summed E-state index contributed by atoms with van der Waals surface area (Å²) < 4.78 is 6.16. The lowest BCUT2D eigenvalue weighted by Crippen LogP contribution is -2.41. The Morgan fingerprint density at radius 1 is 0.735 bits per heavy atom. The fraction of sp³-hybridized carbons (Fsp3) is 0.220. The van der Waals surface area contributed by atoms with E-state index in [4.69, 9.17) is 4.74 Å². The number of likely N-dealkylation sites (tertiary alicyclic amines) is 1. The molecule has 1 amide bonds. The number of nitro benzene ring substituents is 1. The number of non-ortho nitro benzene ring substituents is 1. The number of carbonyl (C=O) groups is 2. The van der Waals surface area contributed by atoms with Crippen molar-refractivity contribution in [3.8, 4) is 0 Å². The Kier molecular flexibility index (Phi) is 10.6. The first kappa shape index (κ1) is 33.3. The number of esters is 1. The number of hydrogen-bond donors (Lipinski definition) is 0. The molecule has 0 spiro atoms. The normalized spacial score (nSPS) is 15.2. The zero-order valence-corrected chi connectivity index (χ0v) is 27.4. The van der Waals surface area contributed by atoms with Crippen molar-refractivity contribution in [3.05, 3.63) is 184 Å². The molecule has 5 aromatic carbocycles. The summed E-state index contributed by atoms with van der Waals surface area (Å²) in [5.74, 6) is -1.54. The average molecular weight is 654 g/mol. The van der Waals surface area contributed by atoms with E-state index >= 15 is 0 Å². The molecule has 248 valence electrons. The van der Waals surface area contributed by atoms with E-state index in [1.165, 1.54) is 6.07 Å². The standard InChI is InChI=1S/C41H39N3O5/c1-42(40(45)38(30-15-6-2-7-16-30)31-17-8-3-9-18-31)37(34-23-14-24-35(27-34)44(47)48)29-43-26-25-36(28-43)49-41(46)39(32-19-10-4-11-20-32)33-21-12-5-13-22-33/h2-24,27,36-39H,25-26,28-29H2,1H3/t36?,37-/m0/s1. The molecule has 8 heteroatoms. The number of nitro groups is 1. The number of benzene rings is 5. The summed E-state index contributed by atoms with van der Waals surface area (Å²) in [6.07, 6.45) is 0.299. The molecular formula is C41H39N3O5. The van der Waals surface area contributed by atoms with E-state index < -0.39 is 22.8 Å². The Labute approximate surface area is 286 Å². The predicted octanol–water partition coefficient (Wildman–Crippen LogP) is 7.38. The third-order valence-electron chi connectivity index (χ3n) is 9.24. The first-order chi connectivity index (χ1) is 23.9. The number of carbonyl (C=O) groups excluding carboxylic acids is 2. The number of nitrogens with zero attached hydrogens (tertiary/aromatic N) is 3. The van der Waals surface area contributed by atoms with Gasteiger partial charge in [0.15, 0.2) is 0 Å². The summed E-state index contributed by atoms with van der Waals surface area (Å²) in [7, 11) is 1.77. The number of hydrogen-bond acceptors (Lipinski definition) is 6. The molecule has 5 aromatic rings. The highest BCUT2D eigenvalue weighted by Crippen LogP contribution is 2.33. The second-order valence-electron chi connectivity index (χ2n) is 12.4. The van der Waals surface area contributed by atoms with Crippen LogP contribution in [-0.2, 0) is 14.3 Å². The van der Waals surface area contributed by atoms with Crippen LogP contribution in [0.1, 0.15) is 52.1 Å². The van der Waals surface area contributed by atoms with Gasteiger partial charge in [0.1, 0.15) is 12.0 Å². The lowest BCUT2D eigenvalue weighted by atomic mass is 9.89. The van der Waals surface area contributed by atoms with Crippen molar-refractivity contribution in [1.82, 2.24) is 9.80 Å². The van der Waals surface area contributed by atoms with Crippen molar-refractivity contribution in [2.45, 2.75) is 30.4 Å². The van der Waals surface area contributed by atoms with E-state index in [1.54, 1.807) is 24.1 Å². The molecule has 1 aliphatic heterocycles. The highest BCUT2D eigenvalue weighted by molar-refractivity contribution is 5.87. The second-order valence-corrected chi connectivity index (χ2v) is 12.4. The van der Waals surface area contributed by atoms with Crippen molar-refractivity contribution >= 4 is 17.6 Å². The van der Waals surface area contributed by atoms with E-state index in [0.717, 1.165) is 22.3 Å². The van der Waals surface area contributed by atoms with Crippen LogP contribution in [0.5, 0.6) is 0 Å². The summed E-state index contributed by atoms with van der Waals surface area (Å²) in [4.78, 5) is 43.5. The van der Waals surface area contributed by atoms with Gasteiger partial charge in [0.2, 0.25) is 5.91 Å². The smallest absolute Gasteiger partial charge is 0.318 e. The Morgan fingerprint density at radius 2 is 1.20 bits per heavy atom. The average Bonchev–Trinajstić information content (AvgIpc) is 3.59. The highest BCUT2D eigenvalue weighted by Gasteiger charge is 2.35. The van der Waals surface area contributed by atoms with Crippen LogP contribution in [0.15, 0.2) is 146 Å². The van der Waals surface area contributed by atoms with Crippen LogP contribution in [0.3, 0.4) is 0 Å². The Hall–Kier alpha value is -5.60. The topological polar surface area (TPSA) is 93.0 Å². The van der Waals surface area contributed by atoms with Crippen molar-refractivity contribution in [2.75, 3.05) is 26.7 Å². The van der Waals surface area contributed by atoms with Gasteiger partial charge in [-0.25, -0.2) is 0 Å². The Bertz CT molecular complexity index is 1780. The molecule has 0 radical (unpaired) electrons. The van der Waals surface area contributed by atoms with Gasteiger partial charge < -0.3 is 9.64 Å². The summed E-state index contributed by atoms with van der Waals surface area (Å²) in [5, 5.41) is 11.8. The molecule has 1 aliphatic rings. The Balaban J connectivity index is 1.24. The van der Waals surface area contributed by atoms with Crippen molar-refractivity contribution < 1.29 is 19.2 Å². The molecule has 1 unspecified atom stereocenters. The summed E-state index contributed by atoms with van der Waals surface area (Å²) in [6.45, 7) is 1.54. The van der Waals surface area contributed by atoms with E-state index in [-0.39, 0.29) is 23.7 Å². The van der Waals surface area contributed by atoms with E-state index in [1.807, 2.05) is 127 Å². The SMILES string of the molecule is CN(C(=O)C(c1ccccc1)c1ccccc1)[C@@H](CN1CCC(OC(=O)C(c2ccccc2)c2ccccc2)C1)c1cccc([N+](=O)[O-])c1. The van der Waals surface area contributed by atoms with Gasteiger partial charge in [-0.3, -0.25) is 24.6 Å². The molecule has 49 heavy (non-hydrogen) atoms. The molecule has 0 N–H and O–H groups in total. The van der Waals surface area contributed by atoms with Gasteiger partial charge >= 0.3 is 5.97 Å². The van der Waals surface area contributed by atoms with Crippen LogP contribution in [0.25, 0.3) is 0 Å². The van der Waals surface area contributed by atoms with E-state index in [0.29, 0.717) is 31.6 Å². The third-order valence-corrected chi connectivity index (χ3v) is 9.24. The molecule has 8 nitrogen and oxygen atoms in total. The number of rotatable bonds is 12. The van der Waals surface area contributed by atoms with Crippen LogP contribution in [0.4, 0.5) is 5.69 Å². The fourth-order valence-electron chi connectivity index (χ4n) is 6.71. The summed E-state index contributed by atoms with van der Waals surface area (Å²) in [6, 6.07) is 44.6. The second kappa shape index (κ2) is 15.5. The quantitative estimate of drug-likeness (QED) is 0.0793. The van der Waals surface area contributed by atoms with Crippen LogP contribution in [0.2, 0.25) is 0 Å². The Morgan fingerprint density at radius 3 is 1.69 bits per heavy atom. The lowest BCUT2D eigenvalue weighted by molar-refractivity contribution is -0.385. The zero-order valence-electron chi connectivity index (χ0n) is 27.4. The maximum absolute atomic E-state index is 14.5. The van der Waals surface area contributed by atoms with Crippen LogP contribution < -0.4 is 0 Å². The maximum Gasteiger partial charge on any atom is 0.318 e. The van der Waals surface area contributed by atoms with E-state index in [2.05, 4.69) is 4.90 Å². The molecule has 1 fully saturated rings. The summed E-state index contributed by atoms with van der Waals surface area (Å²) in [5.41, 5.74) is 4.09. The molecule has 0 bridgehead atoms. The molecule has 0 saturated carbocycles. The van der Waals surface area contributed by atoms with Crippen molar-refractivity contribution in [3.63, 3.8) is 0 Å². The van der Waals surface area contributed by atoms with Crippen LogP contribution >= 0.6 is 0 Å². The minimum atomic E-state index is -0.561. The fourth-order valence-corrected chi connectivity index (χ4v) is 6.71. The zero-order chi connectivity index (χ0) is 34.2. The third kappa shape index (κ3) is 7.93. The minimum Gasteiger partial charge on any atom is -0.460 e. The minimum absolute atomic E-state index is 0.0351. The number of ether oxygens (including phenoxy) is 1. The molecule has 1 heterocycles. The number of likely N-dealkylation sites (N-methyl/N-ethyl adjacent to an activating group) is 1. The van der Waals surface area contributed by atoms with Crippen LogP contribution in [0, 0.1) is 10.1 Å². The molecule has 2 atom stereocenters. The lowest BCUT2D eigenvalue weighted by Gasteiger charge is -2.34. The van der Waals surface area contributed by atoms with Crippen LogP contribution in [-0.4, -0.2) is 59.4 Å². The summed E-state index contributed by atoms with van der Waals surface area (Å²) >= 11 is 0.